The van der Waals surface area contributed by atoms with Gasteiger partial charge in [0.2, 0.25) is 5.91 Å². The number of benzene rings is 1. The van der Waals surface area contributed by atoms with Crippen LogP contribution >= 0.6 is 0 Å². The minimum atomic E-state index is -0.351. The molecule has 0 aromatic heterocycles. The van der Waals surface area contributed by atoms with E-state index in [1.807, 2.05) is 13.1 Å². The van der Waals surface area contributed by atoms with Gasteiger partial charge in [0.05, 0.1) is 12.0 Å². The van der Waals surface area contributed by atoms with Crippen molar-refractivity contribution < 1.29 is 9.90 Å². The molecule has 4 heteroatoms. The number of aliphatic hydroxyl groups is 1. The number of hydrogen-bond acceptors (Lipinski definition) is 3. The van der Waals surface area contributed by atoms with Crippen LogP contribution in [-0.4, -0.2) is 53.6 Å². The van der Waals surface area contributed by atoms with E-state index in [2.05, 4.69) is 29.2 Å². The van der Waals surface area contributed by atoms with Crippen LogP contribution in [0.25, 0.3) is 0 Å². The number of piperidine rings is 1. The predicted octanol–water partition coefficient (Wildman–Crippen LogP) is 2.13. The van der Waals surface area contributed by atoms with Gasteiger partial charge in [-0.2, -0.15) is 0 Å². The summed E-state index contributed by atoms with van der Waals surface area (Å²) in [7, 11) is 1.85. The average molecular weight is 304 g/mol. The Morgan fingerprint density at radius 1 is 1.41 bits per heavy atom. The van der Waals surface area contributed by atoms with E-state index in [0.717, 1.165) is 32.5 Å². The van der Waals surface area contributed by atoms with Crippen LogP contribution in [-0.2, 0) is 11.3 Å². The maximum Gasteiger partial charge on any atom is 0.226 e. The molecule has 2 unspecified atom stereocenters. The SMILES string of the molecule is CC(O)CCN(C)C(=O)C1CCCN(Cc2ccccc2)C1. The molecule has 1 heterocycles. The topological polar surface area (TPSA) is 43.8 Å². The highest BCUT2D eigenvalue weighted by atomic mass is 16.3. The van der Waals surface area contributed by atoms with Crippen molar-refractivity contribution >= 4 is 5.91 Å². The molecule has 1 aromatic rings. The highest BCUT2D eigenvalue weighted by molar-refractivity contribution is 5.78. The van der Waals surface area contributed by atoms with Crippen LogP contribution in [0.5, 0.6) is 0 Å². The molecular formula is C18H28N2O2. The summed E-state index contributed by atoms with van der Waals surface area (Å²) >= 11 is 0. The van der Waals surface area contributed by atoms with Crippen molar-refractivity contribution in [3.63, 3.8) is 0 Å². The molecule has 0 aliphatic carbocycles. The Morgan fingerprint density at radius 2 is 2.14 bits per heavy atom. The standard InChI is InChI=1S/C18H28N2O2/c1-15(21)10-12-19(2)18(22)17-9-6-11-20(14-17)13-16-7-4-3-5-8-16/h3-5,7-8,15,17,21H,6,9-14H2,1-2H3. The van der Waals surface area contributed by atoms with Gasteiger partial charge >= 0.3 is 0 Å². The van der Waals surface area contributed by atoms with Crippen molar-refractivity contribution in [2.24, 2.45) is 5.92 Å². The summed E-state index contributed by atoms with van der Waals surface area (Å²) in [6.07, 6.45) is 2.34. The minimum absolute atomic E-state index is 0.0939. The van der Waals surface area contributed by atoms with Crippen LogP contribution in [0.15, 0.2) is 30.3 Å². The van der Waals surface area contributed by atoms with Crippen LogP contribution < -0.4 is 0 Å². The summed E-state index contributed by atoms with van der Waals surface area (Å²) in [5.74, 6) is 0.315. The first-order valence-electron chi connectivity index (χ1n) is 8.25. The summed E-state index contributed by atoms with van der Waals surface area (Å²) in [4.78, 5) is 16.7. The second-order valence-electron chi connectivity index (χ2n) is 6.46. The highest BCUT2D eigenvalue weighted by Crippen LogP contribution is 2.20. The smallest absolute Gasteiger partial charge is 0.226 e. The maximum atomic E-state index is 12.5. The predicted molar refractivity (Wildman–Crippen MR) is 88.4 cm³/mol. The Hall–Kier alpha value is -1.39. The van der Waals surface area contributed by atoms with Crippen molar-refractivity contribution in [2.75, 3.05) is 26.7 Å². The van der Waals surface area contributed by atoms with Crippen molar-refractivity contribution in [3.05, 3.63) is 35.9 Å². The van der Waals surface area contributed by atoms with Crippen molar-refractivity contribution in [1.29, 1.82) is 0 Å². The number of carbonyl (C=O) groups is 1. The van der Waals surface area contributed by atoms with Gasteiger partial charge in [0.1, 0.15) is 0 Å². The normalized spacial score (nSPS) is 20.6. The van der Waals surface area contributed by atoms with Crippen molar-refractivity contribution in [3.8, 4) is 0 Å². The molecule has 1 N–H and O–H groups in total. The van der Waals surface area contributed by atoms with Gasteiger partial charge in [0.15, 0.2) is 0 Å². The Bertz CT molecular complexity index is 461. The summed E-state index contributed by atoms with van der Waals surface area (Å²) < 4.78 is 0. The zero-order chi connectivity index (χ0) is 15.9. The van der Waals surface area contributed by atoms with E-state index < -0.39 is 0 Å². The fraction of sp³-hybridized carbons (Fsp3) is 0.611. The molecule has 4 nitrogen and oxygen atoms in total. The minimum Gasteiger partial charge on any atom is -0.393 e. The molecule has 1 amide bonds. The van der Waals surface area contributed by atoms with Crippen LogP contribution in [0.3, 0.4) is 0 Å². The Labute approximate surface area is 133 Å². The second kappa shape index (κ2) is 8.30. The molecule has 122 valence electrons. The third-order valence-electron chi connectivity index (χ3n) is 4.36. The summed E-state index contributed by atoms with van der Waals surface area (Å²) in [6.45, 7) is 5.22. The van der Waals surface area contributed by atoms with Crippen molar-refractivity contribution in [1.82, 2.24) is 9.80 Å². The summed E-state index contributed by atoms with van der Waals surface area (Å²) in [5.41, 5.74) is 1.30. The molecule has 2 atom stereocenters. The van der Waals surface area contributed by atoms with Gasteiger partial charge in [-0.1, -0.05) is 30.3 Å². The Morgan fingerprint density at radius 3 is 2.82 bits per heavy atom. The average Bonchev–Trinajstić information content (AvgIpc) is 2.53. The fourth-order valence-electron chi connectivity index (χ4n) is 3.04. The zero-order valence-corrected chi connectivity index (χ0v) is 13.7. The maximum absolute atomic E-state index is 12.5. The van der Waals surface area contributed by atoms with Crippen LogP contribution in [0.1, 0.15) is 31.7 Å². The van der Waals surface area contributed by atoms with Crippen LogP contribution in [0, 0.1) is 5.92 Å². The number of amides is 1. The van der Waals surface area contributed by atoms with Gasteiger partial charge in [-0.15, -0.1) is 0 Å². The largest absolute Gasteiger partial charge is 0.393 e. The van der Waals surface area contributed by atoms with E-state index in [-0.39, 0.29) is 17.9 Å². The number of nitrogens with zero attached hydrogens (tertiary/aromatic N) is 2. The van der Waals surface area contributed by atoms with Crippen LogP contribution in [0.4, 0.5) is 0 Å². The summed E-state index contributed by atoms with van der Waals surface area (Å²) in [5, 5.41) is 9.35. The Kier molecular flexibility index (Phi) is 6.40. The number of carbonyl (C=O) groups excluding carboxylic acids is 1. The second-order valence-corrected chi connectivity index (χ2v) is 6.46. The molecule has 1 aliphatic rings. The number of likely N-dealkylation sites (tertiary alicyclic amines) is 1. The highest BCUT2D eigenvalue weighted by Gasteiger charge is 2.27. The molecule has 0 spiro atoms. The van der Waals surface area contributed by atoms with Gasteiger partial charge in [-0.25, -0.2) is 0 Å². The lowest BCUT2D eigenvalue weighted by Gasteiger charge is -2.34. The first-order chi connectivity index (χ1) is 10.6. The molecule has 1 aromatic carbocycles. The quantitative estimate of drug-likeness (QED) is 0.875. The lowest BCUT2D eigenvalue weighted by atomic mass is 9.96. The first kappa shape index (κ1) is 17.0. The first-order valence-corrected chi connectivity index (χ1v) is 8.25. The zero-order valence-electron chi connectivity index (χ0n) is 13.7. The number of rotatable bonds is 6. The molecule has 22 heavy (non-hydrogen) atoms. The molecule has 2 rings (SSSR count). The van der Waals surface area contributed by atoms with Gasteiger partial charge in [-0.05, 0) is 38.3 Å². The number of aliphatic hydroxyl groups excluding tert-OH is 1. The van der Waals surface area contributed by atoms with E-state index in [9.17, 15) is 9.90 Å². The van der Waals surface area contributed by atoms with E-state index in [0.29, 0.717) is 13.0 Å². The van der Waals surface area contributed by atoms with Gasteiger partial charge in [-0.3, -0.25) is 9.69 Å². The molecular weight excluding hydrogens is 276 g/mol. The monoisotopic (exact) mass is 304 g/mol. The molecule has 1 saturated heterocycles. The third kappa shape index (κ3) is 5.11. The Balaban J connectivity index is 1.85. The number of hydrogen-bond donors (Lipinski definition) is 1. The van der Waals surface area contributed by atoms with E-state index >= 15 is 0 Å². The fourth-order valence-corrected chi connectivity index (χ4v) is 3.04. The van der Waals surface area contributed by atoms with E-state index in [1.165, 1.54) is 5.56 Å². The van der Waals surface area contributed by atoms with Gasteiger partial charge in [0.25, 0.3) is 0 Å². The van der Waals surface area contributed by atoms with Crippen molar-refractivity contribution in [2.45, 2.75) is 38.8 Å². The third-order valence-corrected chi connectivity index (χ3v) is 4.36. The van der Waals surface area contributed by atoms with E-state index in [4.69, 9.17) is 0 Å². The molecule has 0 bridgehead atoms. The lowest BCUT2D eigenvalue weighted by molar-refractivity contribution is -0.136. The summed E-state index contributed by atoms with van der Waals surface area (Å²) in [6, 6.07) is 10.4. The lowest BCUT2D eigenvalue weighted by Crippen LogP contribution is -2.43. The molecule has 1 fully saturated rings. The molecule has 1 aliphatic heterocycles. The van der Waals surface area contributed by atoms with E-state index in [1.54, 1.807) is 11.8 Å². The molecule has 0 saturated carbocycles. The van der Waals surface area contributed by atoms with Crippen LogP contribution in [0.2, 0.25) is 0 Å². The van der Waals surface area contributed by atoms with Gasteiger partial charge in [0, 0.05) is 26.7 Å². The van der Waals surface area contributed by atoms with Gasteiger partial charge < -0.3 is 10.0 Å². The molecule has 0 radical (unpaired) electrons.